The lowest BCUT2D eigenvalue weighted by Gasteiger charge is -2.35. The van der Waals surface area contributed by atoms with Gasteiger partial charge in [0, 0.05) is 19.1 Å². The predicted molar refractivity (Wildman–Crippen MR) is 85.2 cm³/mol. The van der Waals surface area contributed by atoms with E-state index in [9.17, 15) is 4.79 Å². The summed E-state index contributed by atoms with van der Waals surface area (Å²) in [5.41, 5.74) is 0. The second-order valence-corrected chi connectivity index (χ2v) is 7.06. The first kappa shape index (κ1) is 15.3. The van der Waals surface area contributed by atoms with E-state index in [0.717, 1.165) is 38.6 Å². The van der Waals surface area contributed by atoms with Gasteiger partial charge < -0.3 is 10.2 Å². The molecule has 0 bridgehead atoms. The van der Waals surface area contributed by atoms with Gasteiger partial charge in [-0.25, -0.2) is 0 Å². The zero-order chi connectivity index (χ0) is 14.5. The van der Waals surface area contributed by atoms with Crippen LogP contribution in [0.2, 0.25) is 0 Å². The van der Waals surface area contributed by atoms with Crippen LogP contribution in [0.5, 0.6) is 0 Å². The molecule has 3 saturated heterocycles. The van der Waals surface area contributed by atoms with Crippen LogP contribution in [0.25, 0.3) is 0 Å². The molecule has 3 aliphatic heterocycles. The molecule has 0 aromatic rings. The third-order valence-electron chi connectivity index (χ3n) is 5.64. The third-order valence-corrected chi connectivity index (χ3v) is 5.64. The fraction of sp³-hybridized carbons (Fsp3) is 0.941. The topological polar surface area (TPSA) is 35.6 Å². The van der Waals surface area contributed by atoms with Gasteiger partial charge in [-0.3, -0.25) is 9.69 Å². The summed E-state index contributed by atoms with van der Waals surface area (Å²) in [7, 11) is 0. The second kappa shape index (κ2) is 7.59. The Balaban J connectivity index is 1.53. The maximum Gasteiger partial charge on any atom is 0.236 e. The average Bonchev–Trinajstić information content (AvgIpc) is 2.81. The van der Waals surface area contributed by atoms with Gasteiger partial charge >= 0.3 is 0 Å². The van der Waals surface area contributed by atoms with E-state index in [1.54, 1.807) is 0 Å². The highest BCUT2D eigenvalue weighted by Crippen LogP contribution is 2.29. The first-order chi connectivity index (χ1) is 10.3. The van der Waals surface area contributed by atoms with E-state index in [0.29, 0.717) is 18.5 Å². The number of likely N-dealkylation sites (tertiary alicyclic amines) is 2. The van der Waals surface area contributed by atoms with Gasteiger partial charge in [0.05, 0.1) is 6.54 Å². The Hall–Kier alpha value is -0.610. The standard InChI is InChI=1S/C17H31N3O/c21-17(19-11-3-1-2-4-12-19)14-20-13-5-6-16(20)15-7-9-18-10-8-15/h15-16,18H,1-14H2. The first-order valence-corrected chi connectivity index (χ1v) is 9.07. The van der Waals surface area contributed by atoms with E-state index in [1.165, 1.54) is 51.4 Å². The quantitative estimate of drug-likeness (QED) is 0.862. The van der Waals surface area contributed by atoms with Crippen LogP contribution in [0.1, 0.15) is 51.4 Å². The Kier molecular flexibility index (Phi) is 5.53. The zero-order valence-corrected chi connectivity index (χ0v) is 13.4. The molecule has 3 aliphatic rings. The Morgan fingerprint density at radius 2 is 1.62 bits per heavy atom. The second-order valence-electron chi connectivity index (χ2n) is 7.06. The number of nitrogens with zero attached hydrogens (tertiary/aromatic N) is 2. The molecule has 1 unspecified atom stereocenters. The molecule has 3 heterocycles. The van der Waals surface area contributed by atoms with Gasteiger partial charge in [0.1, 0.15) is 0 Å². The largest absolute Gasteiger partial charge is 0.342 e. The number of nitrogens with one attached hydrogen (secondary N) is 1. The lowest BCUT2D eigenvalue weighted by atomic mass is 9.89. The van der Waals surface area contributed by atoms with Crippen molar-refractivity contribution in [3.8, 4) is 0 Å². The van der Waals surface area contributed by atoms with Gasteiger partial charge in [-0.1, -0.05) is 12.8 Å². The molecule has 3 rings (SSSR count). The normalized spacial score (nSPS) is 29.5. The van der Waals surface area contributed by atoms with E-state index in [4.69, 9.17) is 0 Å². The van der Waals surface area contributed by atoms with Crippen LogP contribution >= 0.6 is 0 Å². The van der Waals surface area contributed by atoms with E-state index < -0.39 is 0 Å². The molecule has 1 N–H and O–H groups in total. The summed E-state index contributed by atoms with van der Waals surface area (Å²) >= 11 is 0. The van der Waals surface area contributed by atoms with Crippen molar-refractivity contribution in [1.29, 1.82) is 0 Å². The highest BCUT2D eigenvalue weighted by molar-refractivity contribution is 5.78. The molecule has 0 radical (unpaired) electrons. The van der Waals surface area contributed by atoms with E-state index in [1.807, 2.05) is 0 Å². The van der Waals surface area contributed by atoms with Crippen LogP contribution in [-0.4, -0.2) is 61.0 Å². The van der Waals surface area contributed by atoms with Gasteiger partial charge in [-0.05, 0) is 64.1 Å². The van der Waals surface area contributed by atoms with Crippen LogP contribution in [0.3, 0.4) is 0 Å². The maximum atomic E-state index is 12.6. The number of rotatable bonds is 3. The van der Waals surface area contributed by atoms with Gasteiger partial charge in [0.15, 0.2) is 0 Å². The van der Waals surface area contributed by atoms with Crippen molar-refractivity contribution in [2.24, 2.45) is 5.92 Å². The maximum absolute atomic E-state index is 12.6. The molecule has 0 aromatic heterocycles. The minimum atomic E-state index is 0.387. The fourth-order valence-corrected chi connectivity index (χ4v) is 4.40. The van der Waals surface area contributed by atoms with Crippen molar-refractivity contribution in [3.05, 3.63) is 0 Å². The summed E-state index contributed by atoms with van der Waals surface area (Å²) in [5.74, 6) is 1.20. The van der Waals surface area contributed by atoms with Crippen molar-refractivity contribution in [2.45, 2.75) is 57.4 Å². The predicted octanol–water partition coefficient (Wildman–Crippen LogP) is 1.85. The van der Waals surface area contributed by atoms with Crippen molar-refractivity contribution in [1.82, 2.24) is 15.1 Å². The van der Waals surface area contributed by atoms with Gasteiger partial charge in [0.25, 0.3) is 0 Å². The van der Waals surface area contributed by atoms with Crippen molar-refractivity contribution in [3.63, 3.8) is 0 Å². The zero-order valence-electron chi connectivity index (χ0n) is 13.4. The summed E-state index contributed by atoms with van der Waals surface area (Å²) in [5, 5.41) is 3.46. The summed E-state index contributed by atoms with van der Waals surface area (Å²) < 4.78 is 0. The highest BCUT2D eigenvalue weighted by Gasteiger charge is 2.33. The molecule has 4 heteroatoms. The highest BCUT2D eigenvalue weighted by atomic mass is 16.2. The number of piperidine rings is 1. The number of hydrogen-bond acceptors (Lipinski definition) is 3. The van der Waals surface area contributed by atoms with Gasteiger partial charge in [0.2, 0.25) is 5.91 Å². The van der Waals surface area contributed by atoms with Gasteiger partial charge in [-0.2, -0.15) is 0 Å². The van der Waals surface area contributed by atoms with Crippen molar-refractivity contribution >= 4 is 5.91 Å². The molecule has 1 amide bonds. The van der Waals surface area contributed by atoms with Crippen LogP contribution in [-0.2, 0) is 4.79 Å². The molecular formula is C17H31N3O. The Bertz CT molecular complexity index is 333. The lowest BCUT2D eigenvalue weighted by Crippen LogP contribution is -2.46. The summed E-state index contributed by atoms with van der Waals surface area (Å²) in [6.07, 6.45) is 10.2. The first-order valence-electron chi connectivity index (χ1n) is 9.07. The van der Waals surface area contributed by atoms with Crippen molar-refractivity contribution in [2.75, 3.05) is 39.3 Å². The molecule has 0 spiro atoms. The Morgan fingerprint density at radius 3 is 2.33 bits per heavy atom. The molecule has 1 atom stereocenters. The van der Waals surface area contributed by atoms with Crippen LogP contribution in [0, 0.1) is 5.92 Å². The average molecular weight is 293 g/mol. The number of carbonyl (C=O) groups is 1. The minimum absolute atomic E-state index is 0.387. The molecule has 0 aliphatic carbocycles. The fourth-order valence-electron chi connectivity index (χ4n) is 4.40. The van der Waals surface area contributed by atoms with Crippen molar-refractivity contribution < 1.29 is 4.79 Å². The minimum Gasteiger partial charge on any atom is -0.342 e. The number of hydrogen-bond donors (Lipinski definition) is 1. The monoisotopic (exact) mass is 293 g/mol. The van der Waals surface area contributed by atoms with E-state index >= 15 is 0 Å². The molecule has 0 saturated carbocycles. The third kappa shape index (κ3) is 3.98. The molecule has 3 fully saturated rings. The number of carbonyl (C=O) groups excluding carboxylic acids is 1. The smallest absolute Gasteiger partial charge is 0.236 e. The molecule has 4 nitrogen and oxygen atoms in total. The van der Waals surface area contributed by atoms with Crippen LogP contribution in [0.15, 0.2) is 0 Å². The SMILES string of the molecule is O=C(CN1CCCC1C1CCNCC1)N1CCCCCC1. The Labute approximate surface area is 129 Å². The number of amides is 1. The van der Waals surface area contributed by atoms with E-state index in [-0.39, 0.29) is 0 Å². The summed E-state index contributed by atoms with van der Waals surface area (Å²) in [4.78, 5) is 17.2. The van der Waals surface area contributed by atoms with E-state index in [2.05, 4.69) is 15.1 Å². The Morgan fingerprint density at radius 1 is 0.905 bits per heavy atom. The van der Waals surface area contributed by atoms with Gasteiger partial charge in [-0.15, -0.1) is 0 Å². The molecule has 0 aromatic carbocycles. The van der Waals surface area contributed by atoms with Crippen LogP contribution < -0.4 is 5.32 Å². The van der Waals surface area contributed by atoms with Crippen LogP contribution in [0.4, 0.5) is 0 Å². The lowest BCUT2D eigenvalue weighted by molar-refractivity contribution is -0.132. The molecular weight excluding hydrogens is 262 g/mol. The summed E-state index contributed by atoms with van der Waals surface area (Å²) in [6.45, 7) is 6.11. The molecule has 21 heavy (non-hydrogen) atoms. The summed E-state index contributed by atoms with van der Waals surface area (Å²) in [6, 6.07) is 0.669. The molecule has 120 valence electrons.